The largest absolute Gasteiger partial charge is 0.463 e. The van der Waals surface area contributed by atoms with Crippen molar-refractivity contribution >= 4 is 17.0 Å². The fourth-order valence-electron chi connectivity index (χ4n) is 1.55. The van der Waals surface area contributed by atoms with Gasteiger partial charge in [-0.05, 0) is 32.1 Å². The third-order valence-electron chi connectivity index (χ3n) is 2.41. The van der Waals surface area contributed by atoms with Crippen LogP contribution in [0.1, 0.15) is 19.4 Å². The summed E-state index contributed by atoms with van der Waals surface area (Å²) in [7, 11) is 0. The predicted molar refractivity (Wildman–Crippen MR) is 70.9 cm³/mol. The molecule has 0 atom stereocenters. The summed E-state index contributed by atoms with van der Waals surface area (Å²) in [6.45, 7) is 4.01. The SMILES string of the molecule is CC(C)=C/C=C/c1coc2ccccc2c1=O. The molecule has 0 spiro atoms. The Labute approximate surface area is 99.9 Å². The van der Waals surface area contributed by atoms with Crippen LogP contribution in [0.15, 0.2) is 57.5 Å². The molecule has 0 fully saturated rings. The van der Waals surface area contributed by atoms with Gasteiger partial charge in [-0.3, -0.25) is 4.79 Å². The van der Waals surface area contributed by atoms with Crippen LogP contribution in [-0.4, -0.2) is 0 Å². The van der Waals surface area contributed by atoms with Crippen LogP contribution in [0.25, 0.3) is 17.0 Å². The molecule has 2 rings (SSSR count). The van der Waals surface area contributed by atoms with E-state index in [0.717, 1.165) is 0 Å². The molecule has 1 aromatic carbocycles. The fourth-order valence-corrected chi connectivity index (χ4v) is 1.55. The van der Waals surface area contributed by atoms with Gasteiger partial charge in [-0.15, -0.1) is 0 Å². The number of benzene rings is 1. The van der Waals surface area contributed by atoms with Crippen LogP contribution >= 0.6 is 0 Å². The van der Waals surface area contributed by atoms with Crippen LogP contribution in [0.5, 0.6) is 0 Å². The number of rotatable bonds is 2. The molecule has 86 valence electrons. The Morgan fingerprint density at radius 1 is 1.24 bits per heavy atom. The van der Waals surface area contributed by atoms with E-state index in [1.807, 2.05) is 38.1 Å². The first kappa shape index (κ1) is 11.4. The van der Waals surface area contributed by atoms with Gasteiger partial charge in [0.25, 0.3) is 0 Å². The minimum atomic E-state index is 0.00487. The zero-order chi connectivity index (χ0) is 12.3. The van der Waals surface area contributed by atoms with Crippen molar-refractivity contribution in [1.82, 2.24) is 0 Å². The van der Waals surface area contributed by atoms with E-state index in [1.54, 1.807) is 18.2 Å². The number of allylic oxidation sites excluding steroid dienone is 3. The molecular weight excluding hydrogens is 212 g/mol. The Balaban J connectivity index is 2.50. The Bertz CT molecular complexity index is 641. The van der Waals surface area contributed by atoms with Gasteiger partial charge < -0.3 is 4.42 Å². The molecule has 0 saturated heterocycles. The van der Waals surface area contributed by atoms with Crippen LogP contribution in [0.3, 0.4) is 0 Å². The van der Waals surface area contributed by atoms with Gasteiger partial charge in [0.15, 0.2) is 5.43 Å². The molecule has 0 saturated carbocycles. The summed E-state index contributed by atoms with van der Waals surface area (Å²) in [5.74, 6) is 0. The highest BCUT2D eigenvalue weighted by Gasteiger charge is 2.02. The molecular formula is C15H14O2. The van der Waals surface area contributed by atoms with Crippen molar-refractivity contribution in [3.63, 3.8) is 0 Å². The molecule has 0 bridgehead atoms. The van der Waals surface area contributed by atoms with Gasteiger partial charge in [0.1, 0.15) is 11.8 Å². The lowest BCUT2D eigenvalue weighted by Gasteiger charge is -1.97. The molecule has 0 amide bonds. The molecule has 0 aliphatic rings. The van der Waals surface area contributed by atoms with Crippen molar-refractivity contribution < 1.29 is 4.42 Å². The Kier molecular flexibility index (Phi) is 3.24. The molecule has 17 heavy (non-hydrogen) atoms. The number of hydrogen-bond donors (Lipinski definition) is 0. The zero-order valence-corrected chi connectivity index (χ0v) is 9.94. The average Bonchev–Trinajstić information content (AvgIpc) is 2.32. The maximum absolute atomic E-state index is 12.1. The molecule has 1 aromatic heterocycles. The van der Waals surface area contributed by atoms with E-state index >= 15 is 0 Å². The van der Waals surface area contributed by atoms with Gasteiger partial charge in [0.2, 0.25) is 0 Å². The van der Waals surface area contributed by atoms with Crippen molar-refractivity contribution in [1.29, 1.82) is 0 Å². The molecule has 2 heteroatoms. The lowest BCUT2D eigenvalue weighted by molar-refractivity contribution is 0.601. The van der Waals surface area contributed by atoms with E-state index in [4.69, 9.17) is 4.42 Å². The summed E-state index contributed by atoms with van der Waals surface area (Å²) < 4.78 is 5.41. The number of fused-ring (bicyclic) bond motifs is 1. The van der Waals surface area contributed by atoms with Crippen LogP contribution in [-0.2, 0) is 0 Å². The Morgan fingerprint density at radius 2 is 2.00 bits per heavy atom. The summed E-state index contributed by atoms with van der Waals surface area (Å²) in [5.41, 5.74) is 2.38. The lowest BCUT2D eigenvalue weighted by Crippen LogP contribution is -2.04. The average molecular weight is 226 g/mol. The van der Waals surface area contributed by atoms with E-state index < -0.39 is 0 Å². The van der Waals surface area contributed by atoms with Crippen LogP contribution in [0, 0.1) is 0 Å². The third kappa shape index (κ3) is 2.53. The van der Waals surface area contributed by atoms with Crippen molar-refractivity contribution in [2.24, 2.45) is 0 Å². The van der Waals surface area contributed by atoms with Crippen molar-refractivity contribution in [3.05, 3.63) is 64.0 Å². The molecule has 0 aliphatic heterocycles. The van der Waals surface area contributed by atoms with Crippen LogP contribution < -0.4 is 5.43 Å². The predicted octanol–water partition coefficient (Wildman–Crippen LogP) is 3.77. The van der Waals surface area contributed by atoms with Crippen molar-refractivity contribution in [2.45, 2.75) is 13.8 Å². The third-order valence-corrected chi connectivity index (χ3v) is 2.41. The second-order valence-corrected chi connectivity index (χ2v) is 4.12. The summed E-state index contributed by atoms with van der Waals surface area (Å²) in [6, 6.07) is 7.26. The maximum Gasteiger partial charge on any atom is 0.199 e. The Hall–Kier alpha value is -2.09. The van der Waals surface area contributed by atoms with Gasteiger partial charge in [0, 0.05) is 0 Å². The highest BCUT2D eigenvalue weighted by Crippen LogP contribution is 2.11. The van der Waals surface area contributed by atoms with E-state index in [2.05, 4.69) is 0 Å². The summed E-state index contributed by atoms with van der Waals surface area (Å²) in [4.78, 5) is 12.1. The molecule has 0 aliphatic carbocycles. The summed E-state index contributed by atoms with van der Waals surface area (Å²) in [5, 5.41) is 0.617. The highest BCUT2D eigenvalue weighted by molar-refractivity contribution is 5.78. The second-order valence-electron chi connectivity index (χ2n) is 4.12. The van der Waals surface area contributed by atoms with Crippen LogP contribution in [0.2, 0.25) is 0 Å². The summed E-state index contributed by atoms with van der Waals surface area (Å²) in [6.07, 6.45) is 7.08. The Morgan fingerprint density at radius 3 is 2.76 bits per heavy atom. The van der Waals surface area contributed by atoms with Crippen LogP contribution in [0.4, 0.5) is 0 Å². The van der Waals surface area contributed by atoms with Crippen molar-refractivity contribution in [3.8, 4) is 0 Å². The first-order chi connectivity index (χ1) is 8.18. The molecule has 0 N–H and O–H groups in total. The van der Waals surface area contributed by atoms with E-state index in [9.17, 15) is 4.79 Å². The number of para-hydroxylation sites is 1. The van der Waals surface area contributed by atoms with Crippen molar-refractivity contribution in [2.75, 3.05) is 0 Å². The molecule has 0 unspecified atom stereocenters. The minimum absolute atomic E-state index is 0.00487. The topological polar surface area (TPSA) is 30.2 Å². The first-order valence-electron chi connectivity index (χ1n) is 5.50. The minimum Gasteiger partial charge on any atom is -0.463 e. The molecule has 2 aromatic rings. The monoisotopic (exact) mass is 226 g/mol. The summed E-state index contributed by atoms with van der Waals surface area (Å²) >= 11 is 0. The maximum atomic E-state index is 12.1. The molecule has 0 radical (unpaired) electrons. The van der Waals surface area contributed by atoms with Gasteiger partial charge in [0.05, 0.1) is 10.9 Å². The van der Waals surface area contributed by atoms with Gasteiger partial charge >= 0.3 is 0 Å². The first-order valence-corrected chi connectivity index (χ1v) is 5.50. The smallest absolute Gasteiger partial charge is 0.199 e. The van der Waals surface area contributed by atoms with Gasteiger partial charge in [-0.2, -0.15) is 0 Å². The van der Waals surface area contributed by atoms with E-state index in [-0.39, 0.29) is 5.43 Å². The second kappa shape index (κ2) is 4.83. The number of hydrogen-bond acceptors (Lipinski definition) is 2. The zero-order valence-electron chi connectivity index (χ0n) is 9.94. The fraction of sp³-hybridized carbons (Fsp3) is 0.133. The quantitative estimate of drug-likeness (QED) is 0.729. The lowest BCUT2D eigenvalue weighted by atomic mass is 10.1. The molecule has 2 nitrogen and oxygen atoms in total. The highest BCUT2D eigenvalue weighted by atomic mass is 16.3. The standard InChI is InChI=1S/C15H14O2/c1-11(2)6-5-7-12-10-17-14-9-4-3-8-13(14)15(12)16/h3-10H,1-2H3/b7-5+. The van der Waals surface area contributed by atoms with E-state index in [1.165, 1.54) is 11.8 Å². The normalized spacial score (nSPS) is 10.9. The van der Waals surface area contributed by atoms with E-state index in [0.29, 0.717) is 16.5 Å². The van der Waals surface area contributed by atoms with Gasteiger partial charge in [-0.1, -0.05) is 29.9 Å². The van der Waals surface area contributed by atoms with Gasteiger partial charge in [-0.25, -0.2) is 0 Å². The molecule has 1 heterocycles.